The predicted octanol–water partition coefficient (Wildman–Crippen LogP) is 28.4. The second-order valence-corrected chi connectivity index (χ2v) is 33.7. The van der Waals surface area contributed by atoms with Crippen LogP contribution in [0.4, 0.5) is 0 Å². The molecule has 0 radical (unpaired) electrons. The van der Waals surface area contributed by atoms with Crippen molar-refractivity contribution in [2.24, 2.45) is 0 Å². The summed E-state index contributed by atoms with van der Waals surface area (Å²) in [5, 5.41) is 16.1. The lowest BCUT2D eigenvalue weighted by Gasteiger charge is -2.22. The Morgan fingerprint density at radius 1 is 0.238 bits per heavy atom. The highest BCUT2D eigenvalue weighted by atomic mass is 32.1. The molecule has 0 aliphatic heterocycles. The number of nitrogens with zero attached hydrogens (tertiary/aromatic N) is 3. The van der Waals surface area contributed by atoms with E-state index >= 15 is 0 Å². The van der Waals surface area contributed by atoms with Gasteiger partial charge in [-0.25, -0.2) is 0 Å². The molecule has 0 unspecified atom stereocenters. The maximum Gasteiger partial charge on any atom is 0.0640 e. The van der Waals surface area contributed by atoms with Crippen LogP contribution in [0.25, 0.3) is 176 Å². The van der Waals surface area contributed by atoms with Crippen LogP contribution in [0.3, 0.4) is 0 Å². The van der Waals surface area contributed by atoms with Crippen molar-refractivity contribution < 1.29 is 0 Å². The van der Waals surface area contributed by atoms with Gasteiger partial charge in [-0.3, -0.25) is 0 Å². The van der Waals surface area contributed by atoms with Gasteiger partial charge in [-0.2, -0.15) is 0 Å². The van der Waals surface area contributed by atoms with Crippen LogP contribution in [0.15, 0.2) is 309 Å². The molecule has 15 aromatic carbocycles. The first kappa shape index (κ1) is 60.9. The zero-order valence-electron chi connectivity index (χ0n) is 59.0. The Hall–Kier alpha value is -11.6. The third-order valence-electron chi connectivity index (χ3n) is 24.0. The van der Waals surface area contributed by atoms with E-state index in [1.807, 2.05) is 34.0 Å². The molecule has 6 heterocycles. The number of hydrogen-bond acceptors (Lipinski definition) is 3. The Balaban J connectivity index is 0.0000000986. The molecule has 6 aromatic heterocycles. The van der Waals surface area contributed by atoms with Crippen LogP contribution in [0.1, 0.15) is 74.9 Å². The van der Waals surface area contributed by atoms with Crippen molar-refractivity contribution >= 4 is 160 Å². The van der Waals surface area contributed by atoms with Gasteiger partial charge in [0.2, 0.25) is 0 Å². The number of thiophene rings is 3. The van der Waals surface area contributed by atoms with E-state index in [0.717, 1.165) is 0 Å². The van der Waals surface area contributed by atoms with Crippen molar-refractivity contribution in [3.8, 4) is 50.4 Å². The number of benzene rings is 15. The van der Waals surface area contributed by atoms with Crippen molar-refractivity contribution in [3.05, 3.63) is 343 Å². The zero-order valence-corrected chi connectivity index (χ0v) is 61.5. The average molecular weight is 1400 g/mol. The van der Waals surface area contributed by atoms with Crippen LogP contribution in [0.5, 0.6) is 0 Å². The molecule has 0 N–H and O–H groups in total. The van der Waals surface area contributed by atoms with Crippen molar-refractivity contribution in [3.63, 3.8) is 0 Å². The van der Waals surface area contributed by atoms with E-state index in [2.05, 4.69) is 365 Å². The Morgan fingerprint density at radius 3 is 1.25 bits per heavy atom. The summed E-state index contributed by atoms with van der Waals surface area (Å²) >= 11 is 5.68. The molecular formula is C99H69N3S3. The maximum atomic E-state index is 2.51. The number of aromatic nitrogens is 3. The number of hydrogen-bond donors (Lipinski definition) is 0. The van der Waals surface area contributed by atoms with Crippen molar-refractivity contribution in [1.82, 2.24) is 13.7 Å². The summed E-state index contributed by atoms with van der Waals surface area (Å²) in [5.74, 6) is 0. The second-order valence-electron chi connectivity index (χ2n) is 30.5. The smallest absolute Gasteiger partial charge is 0.0640 e. The van der Waals surface area contributed by atoms with Gasteiger partial charge < -0.3 is 13.7 Å². The Labute approximate surface area is 620 Å². The molecule has 0 spiro atoms. The lowest BCUT2D eigenvalue weighted by molar-refractivity contribution is 0.660. The van der Waals surface area contributed by atoms with Crippen LogP contribution in [-0.4, -0.2) is 13.7 Å². The number of rotatable bonds is 3. The topological polar surface area (TPSA) is 14.8 Å². The third kappa shape index (κ3) is 8.41. The number of para-hydroxylation sites is 3. The monoisotopic (exact) mass is 1400 g/mol. The first-order chi connectivity index (χ1) is 51.4. The third-order valence-corrected chi connectivity index (χ3v) is 27.5. The minimum atomic E-state index is -0.0516. The van der Waals surface area contributed by atoms with Crippen LogP contribution in [0, 0.1) is 0 Å². The lowest BCUT2D eigenvalue weighted by Crippen LogP contribution is -2.15. The lowest BCUT2D eigenvalue weighted by atomic mass is 9.80. The normalized spacial score (nSPS) is 14.2. The highest BCUT2D eigenvalue weighted by molar-refractivity contribution is 7.27. The Morgan fingerprint density at radius 2 is 0.648 bits per heavy atom. The summed E-state index contributed by atoms with van der Waals surface area (Å²) < 4.78 is 15.6. The van der Waals surface area contributed by atoms with E-state index < -0.39 is 0 Å². The van der Waals surface area contributed by atoms with E-state index in [4.69, 9.17) is 0 Å². The summed E-state index contributed by atoms with van der Waals surface area (Å²) in [7, 11) is 0. The summed E-state index contributed by atoms with van der Waals surface area (Å²) in [5.41, 5.74) is 28.2. The first-order valence-electron chi connectivity index (χ1n) is 36.6. The average Bonchev–Trinajstić information content (AvgIpc) is 1.55. The highest BCUT2D eigenvalue weighted by Gasteiger charge is 2.41. The minimum absolute atomic E-state index is 0.00515. The molecule has 21 aromatic rings. The van der Waals surface area contributed by atoms with E-state index in [0.29, 0.717) is 0 Å². The van der Waals surface area contributed by atoms with Crippen LogP contribution in [-0.2, 0) is 16.2 Å². The quantitative estimate of drug-likeness (QED) is 0.167. The Bertz CT molecular complexity index is 7330. The molecule has 3 aliphatic rings. The fourth-order valence-electron chi connectivity index (χ4n) is 19.3. The van der Waals surface area contributed by atoms with Gasteiger partial charge in [-0.1, -0.05) is 278 Å². The molecule has 0 fully saturated rings. The molecule has 24 rings (SSSR count). The zero-order chi connectivity index (χ0) is 69.9. The summed E-state index contributed by atoms with van der Waals surface area (Å²) in [6.07, 6.45) is 0. The standard InChI is InChI=1S/3C33H23NS/c1-33(2)24-14-6-3-11-22(24)30-25(33)18-19-27-31(30)23-12-4-7-15-26(23)34(27)28-16-9-13-21-20-10-5-8-17-29(20)35-32(21)28;1-33(2)25-14-6-3-10-20(25)22-18-19-27-30(31(22)33)24-12-4-7-15-26(24)34(27)28-16-9-13-23-21-11-5-8-17-29(21)35-32(23)28;1-33(2)26-12-6-3-11-25(26)31-27(33)18-17-24-21-9-4-7-13-28(21)34(32(24)31)20-15-16-23-22-10-5-8-14-29(22)35-30(23)19-20/h3*3-19H,1-2H3. The van der Waals surface area contributed by atoms with E-state index in [9.17, 15) is 0 Å². The van der Waals surface area contributed by atoms with Crippen molar-refractivity contribution in [2.45, 2.75) is 57.8 Å². The molecule has 105 heavy (non-hydrogen) atoms. The molecule has 0 saturated carbocycles. The second kappa shape index (κ2) is 22.2. The van der Waals surface area contributed by atoms with Gasteiger partial charge in [0.25, 0.3) is 0 Å². The van der Waals surface area contributed by atoms with Gasteiger partial charge in [-0.05, 0) is 134 Å². The fraction of sp³-hybridized carbons (Fsp3) is 0.0909. The molecule has 0 saturated heterocycles. The van der Waals surface area contributed by atoms with E-state index in [1.165, 1.54) is 210 Å². The molecule has 498 valence electrons. The molecule has 3 nitrogen and oxygen atoms in total. The highest BCUT2D eigenvalue weighted by Crippen LogP contribution is 2.58. The molecule has 0 bridgehead atoms. The number of fused-ring (bicyclic) bond motifs is 30. The predicted molar refractivity (Wildman–Crippen MR) is 454 cm³/mol. The van der Waals surface area contributed by atoms with Crippen molar-refractivity contribution in [1.29, 1.82) is 0 Å². The SMILES string of the molecule is CC1(C)c2ccccc2-c2c1ccc1c2c2ccccc2n1-c1cccc2c1sc1ccccc12.CC1(C)c2ccccc2-c2c1ccc1c3ccccc3n(-c3ccc4c(c3)sc3ccccc34)c21.CC1(C)c2ccccc2-c2ccc3c(c21)c1ccccc1n3-c1cccc2c1sc1ccccc12. The molecule has 0 amide bonds. The minimum Gasteiger partial charge on any atom is -0.309 e. The van der Waals surface area contributed by atoms with Crippen LogP contribution >= 0.6 is 34.0 Å². The fourth-order valence-corrected chi connectivity index (χ4v) is 22.8. The Kier molecular flexibility index (Phi) is 12.9. The largest absolute Gasteiger partial charge is 0.309 e. The van der Waals surface area contributed by atoms with E-state index in [-0.39, 0.29) is 16.2 Å². The molecule has 0 atom stereocenters. The van der Waals surface area contributed by atoms with Gasteiger partial charge >= 0.3 is 0 Å². The van der Waals surface area contributed by atoms with Gasteiger partial charge in [0.1, 0.15) is 0 Å². The first-order valence-corrected chi connectivity index (χ1v) is 39.1. The van der Waals surface area contributed by atoms with Crippen LogP contribution in [0.2, 0.25) is 0 Å². The molecular weight excluding hydrogens is 1330 g/mol. The van der Waals surface area contributed by atoms with Gasteiger partial charge in [0.05, 0.1) is 53.9 Å². The molecule has 6 heteroatoms. The van der Waals surface area contributed by atoms with Gasteiger partial charge in [-0.15, -0.1) is 34.0 Å². The van der Waals surface area contributed by atoms with Gasteiger partial charge in [0, 0.05) is 111 Å². The molecule has 3 aliphatic carbocycles. The summed E-state index contributed by atoms with van der Waals surface area (Å²) in [4.78, 5) is 0. The summed E-state index contributed by atoms with van der Waals surface area (Å²) in [6.45, 7) is 14.2. The van der Waals surface area contributed by atoms with Gasteiger partial charge in [0.15, 0.2) is 0 Å². The maximum absolute atomic E-state index is 2.51. The van der Waals surface area contributed by atoms with E-state index in [1.54, 1.807) is 0 Å². The summed E-state index contributed by atoms with van der Waals surface area (Å²) in [6, 6.07) is 115. The van der Waals surface area contributed by atoms with Crippen molar-refractivity contribution in [2.75, 3.05) is 0 Å². The van der Waals surface area contributed by atoms with Crippen LogP contribution < -0.4 is 0 Å².